The maximum absolute atomic E-state index is 14.2. The smallest absolute Gasteiger partial charge is 0.132 e. The monoisotopic (exact) mass is 353 g/mol. The second-order valence-corrected chi connectivity index (χ2v) is 5.78. The summed E-state index contributed by atoms with van der Waals surface area (Å²) < 4.78 is 28.8. The van der Waals surface area contributed by atoms with Crippen LogP contribution in [-0.2, 0) is 6.42 Å². The van der Waals surface area contributed by atoms with Crippen LogP contribution in [0.5, 0.6) is 0 Å². The molecule has 1 nitrogen and oxygen atoms in total. The second-order valence-electron chi connectivity index (χ2n) is 4.87. The van der Waals surface area contributed by atoms with Crippen LogP contribution in [0.15, 0.2) is 40.9 Å². The van der Waals surface area contributed by atoms with Gasteiger partial charge < -0.3 is 5.32 Å². The summed E-state index contributed by atoms with van der Waals surface area (Å²) in [5.41, 5.74) is 2.12. The zero-order valence-corrected chi connectivity index (χ0v) is 13.7. The Hall–Kier alpha value is -1.26. The second kappa shape index (κ2) is 7.14. The highest BCUT2D eigenvalue weighted by molar-refractivity contribution is 9.10. The molecule has 0 aliphatic rings. The van der Waals surface area contributed by atoms with Crippen molar-refractivity contribution in [2.24, 2.45) is 0 Å². The van der Waals surface area contributed by atoms with Gasteiger partial charge in [0.2, 0.25) is 0 Å². The van der Waals surface area contributed by atoms with Gasteiger partial charge in [0, 0.05) is 10.0 Å². The summed E-state index contributed by atoms with van der Waals surface area (Å²) in [5, 5.41) is 3.16. The molecule has 21 heavy (non-hydrogen) atoms. The highest BCUT2D eigenvalue weighted by atomic mass is 79.9. The van der Waals surface area contributed by atoms with E-state index in [-0.39, 0.29) is 5.56 Å². The van der Waals surface area contributed by atoms with Crippen LogP contribution in [0.3, 0.4) is 0 Å². The van der Waals surface area contributed by atoms with Crippen LogP contribution in [0, 0.1) is 11.6 Å². The van der Waals surface area contributed by atoms with Crippen molar-refractivity contribution in [2.75, 3.05) is 6.54 Å². The number of aryl methyl sites for hydroxylation is 1. The largest absolute Gasteiger partial charge is 0.306 e. The SMILES string of the molecule is CCNC(c1ccc(CC)cc1)c1c(F)cc(Br)cc1F. The molecule has 2 aromatic carbocycles. The van der Waals surface area contributed by atoms with Crippen LogP contribution in [0.2, 0.25) is 0 Å². The fourth-order valence-electron chi connectivity index (χ4n) is 2.37. The summed E-state index contributed by atoms with van der Waals surface area (Å²) in [6.07, 6.45) is 0.938. The van der Waals surface area contributed by atoms with Crippen LogP contribution < -0.4 is 5.32 Å². The normalized spacial score (nSPS) is 12.4. The molecular formula is C17H18BrF2N. The van der Waals surface area contributed by atoms with Crippen LogP contribution in [0.1, 0.15) is 36.6 Å². The minimum atomic E-state index is -0.549. The van der Waals surface area contributed by atoms with Gasteiger partial charge in [0.1, 0.15) is 11.6 Å². The zero-order chi connectivity index (χ0) is 15.4. The first-order valence-corrected chi connectivity index (χ1v) is 7.82. The van der Waals surface area contributed by atoms with E-state index in [2.05, 4.69) is 28.2 Å². The van der Waals surface area contributed by atoms with E-state index in [1.165, 1.54) is 17.7 Å². The average Bonchev–Trinajstić information content (AvgIpc) is 2.45. The van der Waals surface area contributed by atoms with Crippen molar-refractivity contribution in [3.8, 4) is 0 Å². The Balaban J connectivity index is 2.47. The van der Waals surface area contributed by atoms with Crippen LogP contribution in [0.4, 0.5) is 8.78 Å². The van der Waals surface area contributed by atoms with E-state index in [1.54, 1.807) is 0 Å². The number of benzene rings is 2. The molecule has 1 unspecified atom stereocenters. The van der Waals surface area contributed by atoms with Gasteiger partial charge in [-0.1, -0.05) is 54.0 Å². The third-order valence-electron chi connectivity index (χ3n) is 3.46. The standard InChI is InChI=1S/C17H18BrF2N/c1-3-11-5-7-12(8-6-11)17(21-4-2)16-14(19)9-13(18)10-15(16)20/h5-10,17,21H,3-4H2,1-2H3. The molecule has 0 radical (unpaired) electrons. The Morgan fingerprint density at radius 2 is 1.62 bits per heavy atom. The summed E-state index contributed by atoms with van der Waals surface area (Å²) in [7, 11) is 0. The molecule has 0 saturated carbocycles. The minimum absolute atomic E-state index is 0.0595. The molecule has 0 aromatic heterocycles. The molecule has 0 bridgehead atoms. The van der Waals surface area contributed by atoms with E-state index in [4.69, 9.17) is 0 Å². The lowest BCUT2D eigenvalue weighted by atomic mass is 9.96. The fourth-order valence-corrected chi connectivity index (χ4v) is 2.77. The van der Waals surface area contributed by atoms with Gasteiger partial charge in [0.15, 0.2) is 0 Å². The lowest BCUT2D eigenvalue weighted by Crippen LogP contribution is -2.24. The van der Waals surface area contributed by atoms with Gasteiger partial charge in [0.25, 0.3) is 0 Å². The minimum Gasteiger partial charge on any atom is -0.306 e. The van der Waals surface area contributed by atoms with Gasteiger partial charge in [-0.15, -0.1) is 0 Å². The topological polar surface area (TPSA) is 12.0 Å². The van der Waals surface area contributed by atoms with Gasteiger partial charge in [-0.3, -0.25) is 0 Å². The lowest BCUT2D eigenvalue weighted by Gasteiger charge is -2.20. The summed E-state index contributed by atoms with van der Waals surface area (Å²) >= 11 is 3.11. The predicted octanol–water partition coefficient (Wildman–Crippen LogP) is 4.99. The Morgan fingerprint density at radius 3 is 2.10 bits per heavy atom. The first kappa shape index (κ1) is 16.1. The molecule has 0 amide bonds. The molecule has 2 rings (SSSR count). The fraction of sp³-hybridized carbons (Fsp3) is 0.294. The third kappa shape index (κ3) is 3.69. The highest BCUT2D eigenvalue weighted by Crippen LogP contribution is 2.29. The van der Waals surface area contributed by atoms with Gasteiger partial charge >= 0.3 is 0 Å². The van der Waals surface area contributed by atoms with Crippen molar-refractivity contribution in [1.29, 1.82) is 0 Å². The van der Waals surface area contributed by atoms with Gasteiger partial charge in [0.05, 0.1) is 6.04 Å². The summed E-state index contributed by atoms with van der Waals surface area (Å²) in [6.45, 7) is 4.61. The molecule has 112 valence electrons. The van der Waals surface area contributed by atoms with Crippen molar-refractivity contribution in [1.82, 2.24) is 5.32 Å². The Bertz CT molecular complexity index is 588. The van der Waals surface area contributed by atoms with E-state index < -0.39 is 17.7 Å². The molecule has 0 spiro atoms. The van der Waals surface area contributed by atoms with Crippen molar-refractivity contribution in [3.05, 3.63) is 69.2 Å². The maximum atomic E-state index is 14.2. The molecule has 0 heterocycles. The first-order chi connectivity index (χ1) is 10.1. The van der Waals surface area contributed by atoms with Crippen molar-refractivity contribution in [2.45, 2.75) is 26.3 Å². The summed E-state index contributed by atoms with van der Waals surface area (Å²) in [5.74, 6) is -1.10. The van der Waals surface area contributed by atoms with E-state index >= 15 is 0 Å². The van der Waals surface area contributed by atoms with Gasteiger partial charge in [-0.25, -0.2) is 8.78 Å². The summed E-state index contributed by atoms with van der Waals surface area (Å²) in [4.78, 5) is 0. The number of rotatable bonds is 5. The number of hydrogen-bond donors (Lipinski definition) is 1. The van der Waals surface area contributed by atoms with Gasteiger partial charge in [-0.2, -0.15) is 0 Å². The van der Waals surface area contributed by atoms with Gasteiger partial charge in [-0.05, 0) is 36.2 Å². The van der Waals surface area contributed by atoms with Crippen molar-refractivity contribution in [3.63, 3.8) is 0 Å². The maximum Gasteiger partial charge on any atom is 0.132 e. The molecule has 1 N–H and O–H groups in total. The molecule has 0 aliphatic heterocycles. The first-order valence-electron chi connectivity index (χ1n) is 7.03. The zero-order valence-electron chi connectivity index (χ0n) is 12.1. The average molecular weight is 354 g/mol. The van der Waals surface area contributed by atoms with Crippen LogP contribution >= 0.6 is 15.9 Å². The summed E-state index contributed by atoms with van der Waals surface area (Å²) in [6, 6.07) is 9.93. The van der Waals surface area contributed by atoms with Crippen LogP contribution in [-0.4, -0.2) is 6.54 Å². The molecule has 4 heteroatoms. The Morgan fingerprint density at radius 1 is 1.05 bits per heavy atom. The molecule has 0 saturated heterocycles. The lowest BCUT2D eigenvalue weighted by molar-refractivity contribution is 0.509. The molecule has 1 atom stereocenters. The molecular weight excluding hydrogens is 336 g/mol. The predicted molar refractivity (Wildman–Crippen MR) is 85.4 cm³/mol. The number of nitrogens with one attached hydrogen (secondary N) is 1. The number of hydrogen-bond acceptors (Lipinski definition) is 1. The van der Waals surface area contributed by atoms with Crippen molar-refractivity contribution >= 4 is 15.9 Å². The van der Waals surface area contributed by atoms with E-state index in [0.717, 1.165) is 12.0 Å². The van der Waals surface area contributed by atoms with E-state index in [9.17, 15) is 8.78 Å². The van der Waals surface area contributed by atoms with E-state index in [1.807, 2.05) is 31.2 Å². The van der Waals surface area contributed by atoms with E-state index in [0.29, 0.717) is 11.0 Å². The Kier molecular flexibility index (Phi) is 5.48. The molecule has 0 fully saturated rings. The van der Waals surface area contributed by atoms with Crippen LogP contribution in [0.25, 0.3) is 0 Å². The third-order valence-corrected chi connectivity index (χ3v) is 3.92. The highest BCUT2D eigenvalue weighted by Gasteiger charge is 2.21. The quantitative estimate of drug-likeness (QED) is 0.798. The number of halogens is 3. The molecule has 0 aliphatic carbocycles. The molecule has 2 aromatic rings. The van der Waals surface area contributed by atoms with Crippen molar-refractivity contribution < 1.29 is 8.78 Å². The Labute approximate surface area is 132 Å².